The molecule has 152 valence electrons. The quantitative estimate of drug-likeness (QED) is 0.390. The van der Waals surface area contributed by atoms with Crippen molar-refractivity contribution in [2.75, 3.05) is 51.7 Å². The van der Waals surface area contributed by atoms with Crippen molar-refractivity contribution in [1.29, 1.82) is 0 Å². The van der Waals surface area contributed by atoms with E-state index in [0.717, 1.165) is 49.5 Å². The lowest BCUT2D eigenvalue weighted by atomic mass is 10.3. The molecular weight excluding hydrogens is 457 g/mol. The first-order chi connectivity index (χ1) is 12.3. The molecule has 1 aliphatic heterocycles. The zero-order chi connectivity index (χ0) is 19.3. The predicted octanol–water partition coefficient (Wildman–Crippen LogP) is 1.28. The van der Waals surface area contributed by atoms with Crippen LogP contribution in [0.3, 0.4) is 0 Å². The van der Waals surface area contributed by atoms with E-state index in [9.17, 15) is 4.79 Å². The van der Waals surface area contributed by atoms with E-state index in [1.165, 1.54) is 0 Å². The van der Waals surface area contributed by atoms with Gasteiger partial charge in [0.05, 0.1) is 0 Å². The number of aromatic nitrogens is 2. The van der Waals surface area contributed by atoms with Crippen LogP contribution in [0.15, 0.2) is 11.1 Å². The fourth-order valence-corrected chi connectivity index (χ4v) is 2.75. The van der Waals surface area contributed by atoms with Gasteiger partial charge in [-0.2, -0.15) is 0 Å². The lowest BCUT2D eigenvalue weighted by molar-refractivity contribution is -0.127. The Kier molecular flexibility index (Phi) is 9.20. The molecule has 0 aliphatic carbocycles. The van der Waals surface area contributed by atoms with E-state index in [1.54, 1.807) is 19.0 Å². The maximum absolute atomic E-state index is 11.9. The van der Waals surface area contributed by atoms with E-state index >= 15 is 0 Å². The van der Waals surface area contributed by atoms with Gasteiger partial charge in [-0.25, -0.2) is 15.0 Å². The summed E-state index contributed by atoms with van der Waals surface area (Å²) in [5.74, 6) is 1.58. The molecule has 0 atom stereocenters. The maximum Gasteiger partial charge on any atom is 0.243 e. The van der Waals surface area contributed by atoms with Crippen LogP contribution in [0.25, 0.3) is 0 Å². The number of likely N-dealkylation sites (N-methyl/N-ethyl adjacent to an activating group) is 1. The first kappa shape index (κ1) is 23.4. The number of nitrogens with one attached hydrogen (secondary N) is 1. The molecule has 0 radical (unpaired) electrons. The maximum atomic E-state index is 11.9. The SMILES string of the molecule is Cc1cc(C)nc(N2CCN(C(=NCC(=O)N(C)C)NC(C)C)CC2)n1.I. The average molecular weight is 489 g/mol. The first-order valence-corrected chi connectivity index (χ1v) is 9.09. The van der Waals surface area contributed by atoms with Crippen LogP contribution >= 0.6 is 24.0 Å². The van der Waals surface area contributed by atoms with Gasteiger partial charge in [0.2, 0.25) is 11.9 Å². The van der Waals surface area contributed by atoms with Crippen molar-refractivity contribution >= 4 is 41.8 Å². The number of hydrogen-bond donors (Lipinski definition) is 1. The van der Waals surface area contributed by atoms with Crippen LogP contribution in [-0.4, -0.2) is 84.5 Å². The highest BCUT2D eigenvalue weighted by Crippen LogP contribution is 2.13. The van der Waals surface area contributed by atoms with Crippen LogP contribution in [0.1, 0.15) is 25.2 Å². The summed E-state index contributed by atoms with van der Waals surface area (Å²) in [5.41, 5.74) is 1.97. The minimum atomic E-state index is -0.00433. The van der Waals surface area contributed by atoms with Crippen molar-refractivity contribution in [2.24, 2.45) is 4.99 Å². The molecule has 1 saturated heterocycles. The Morgan fingerprint density at radius 1 is 1.19 bits per heavy atom. The van der Waals surface area contributed by atoms with Gasteiger partial charge in [0, 0.05) is 57.7 Å². The second-order valence-electron chi connectivity index (χ2n) is 7.15. The van der Waals surface area contributed by atoms with Gasteiger partial charge in [-0.15, -0.1) is 24.0 Å². The standard InChI is InChI=1S/C18H31N7O.HI/c1-13(2)20-17(19-12-16(26)23(5)6)24-7-9-25(10-8-24)18-21-14(3)11-15(4)22-18;/h11,13H,7-10,12H2,1-6H3,(H,19,20);1H. The topological polar surface area (TPSA) is 77.0 Å². The Hall–Kier alpha value is -1.65. The Morgan fingerprint density at radius 3 is 2.22 bits per heavy atom. The van der Waals surface area contributed by atoms with Crippen molar-refractivity contribution in [3.8, 4) is 0 Å². The molecule has 1 aromatic heterocycles. The predicted molar refractivity (Wildman–Crippen MR) is 120 cm³/mol. The van der Waals surface area contributed by atoms with Crippen LogP contribution in [0.4, 0.5) is 5.95 Å². The number of amides is 1. The molecule has 8 nitrogen and oxygen atoms in total. The smallest absolute Gasteiger partial charge is 0.243 e. The summed E-state index contributed by atoms with van der Waals surface area (Å²) < 4.78 is 0. The molecule has 0 unspecified atom stereocenters. The van der Waals surface area contributed by atoms with E-state index in [-0.39, 0.29) is 42.5 Å². The summed E-state index contributed by atoms with van der Waals surface area (Å²) in [7, 11) is 3.49. The van der Waals surface area contributed by atoms with Crippen molar-refractivity contribution < 1.29 is 4.79 Å². The molecular formula is C18H32IN7O. The summed E-state index contributed by atoms with van der Waals surface area (Å²) >= 11 is 0. The van der Waals surface area contributed by atoms with Gasteiger partial charge in [0.15, 0.2) is 5.96 Å². The fourth-order valence-electron chi connectivity index (χ4n) is 2.75. The molecule has 9 heteroatoms. The highest BCUT2D eigenvalue weighted by molar-refractivity contribution is 14.0. The number of rotatable bonds is 4. The third-order valence-electron chi connectivity index (χ3n) is 4.11. The largest absolute Gasteiger partial charge is 0.354 e. The Bertz CT molecular complexity index is 635. The van der Waals surface area contributed by atoms with E-state index in [1.807, 2.05) is 19.9 Å². The van der Waals surface area contributed by atoms with E-state index in [2.05, 4.69) is 43.9 Å². The molecule has 27 heavy (non-hydrogen) atoms. The summed E-state index contributed by atoms with van der Waals surface area (Å²) in [6.45, 7) is 11.6. The fraction of sp³-hybridized carbons (Fsp3) is 0.667. The molecule has 1 fully saturated rings. The zero-order valence-electron chi connectivity index (χ0n) is 17.2. The first-order valence-electron chi connectivity index (χ1n) is 9.09. The molecule has 1 aromatic rings. The van der Waals surface area contributed by atoms with Gasteiger partial charge in [-0.3, -0.25) is 4.79 Å². The summed E-state index contributed by atoms with van der Waals surface area (Å²) in [4.78, 5) is 31.5. The molecule has 2 heterocycles. The summed E-state index contributed by atoms with van der Waals surface area (Å²) in [6, 6.07) is 2.24. The Balaban J connectivity index is 0.00000364. The number of aliphatic imine (C=N–C) groups is 1. The molecule has 0 bridgehead atoms. The van der Waals surface area contributed by atoms with Crippen LogP contribution in [-0.2, 0) is 4.79 Å². The number of carbonyl (C=O) groups excluding carboxylic acids is 1. The molecule has 1 aliphatic rings. The summed E-state index contributed by atoms with van der Waals surface area (Å²) in [5, 5.41) is 3.37. The van der Waals surface area contributed by atoms with Gasteiger partial charge in [-0.05, 0) is 33.8 Å². The number of hydrogen-bond acceptors (Lipinski definition) is 5. The van der Waals surface area contributed by atoms with Gasteiger partial charge in [0.25, 0.3) is 0 Å². The minimum Gasteiger partial charge on any atom is -0.354 e. The second kappa shape index (κ2) is 10.6. The highest BCUT2D eigenvalue weighted by Gasteiger charge is 2.22. The number of nitrogens with zero attached hydrogens (tertiary/aromatic N) is 6. The van der Waals surface area contributed by atoms with Crippen LogP contribution in [0, 0.1) is 13.8 Å². The number of anilines is 1. The molecule has 1 amide bonds. The molecule has 2 rings (SSSR count). The normalized spacial score (nSPS) is 14.9. The Morgan fingerprint density at radius 2 is 1.74 bits per heavy atom. The van der Waals surface area contributed by atoms with Crippen molar-refractivity contribution in [3.63, 3.8) is 0 Å². The lowest BCUT2D eigenvalue weighted by Crippen LogP contribution is -2.54. The molecule has 0 aromatic carbocycles. The number of piperazine rings is 1. The molecule has 0 saturated carbocycles. The lowest BCUT2D eigenvalue weighted by Gasteiger charge is -2.37. The highest BCUT2D eigenvalue weighted by atomic mass is 127. The molecule has 1 N–H and O–H groups in total. The average Bonchev–Trinajstić information content (AvgIpc) is 2.57. The van der Waals surface area contributed by atoms with Gasteiger partial charge < -0.3 is 20.0 Å². The van der Waals surface area contributed by atoms with Crippen LogP contribution < -0.4 is 10.2 Å². The number of carbonyl (C=O) groups is 1. The van der Waals surface area contributed by atoms with Crippen LogP contribution in [0.2, 0.25) is 0 Å². The van der Waals surface area contributed by atoms with Gasteiger partial charge in [-0.1, -0.05) is 0 Å². The zero-order valence-corrected chi connectivity index (χ0v) is 19.5. The third kappa shape index (κ3) is 7.11. The number of aryl methyl sites for hydroxylation is 2. The molecule has 0 spiro atoms. The van der Waals surface area contributed by atoms with Crippen molar-refractivity contribution in [1.82, 2.24) is 25.1 Å². The third-order valence-corrected chi connectivity index (χ3v) is 4.11. The van der Waals surface area contributed by atoms with Crippen molar-refractivity contribution in [2.45, 2.75) is 33.7 Å². The van der Waals surface area contributed by atoms with Crippen LogP contribution in [0.5, 0.6) is 0 Å². The van der Waals surface area contributed by atoms with E-state index in [0.29, 0.717) is 0 Å². The van der Waals surface area contributed by atoms with Gasteiger partial charge in [0.1, 0.15) is 6.54 Å². The van der Waals surface area contributed by atoms with E-state index in [4.69, 9.17) is 0 Å². The second-order valence-corrected chi connectivity index (χ2v) is 7.15. The minimum absolute atomic E-state index is 0. The summed E-state index contributed by atoms with van der Waals surface area (Å²) in [6.07, 6.45) is 0. The number of guanidine groups is 1. The van der Waals surface area contributed by atoms with Gasteiger partial charge >= 0.3 is 0 Å². The Labute approximate surface area is 179 Å². The van der Waals surface area contributed by atoms with E-state index < -0.39 is 0 Å². The monoisotopic (exact) mass is 489 g/mol. The number of halogens is 1. The van der Waals surface area contributed by atoms with Crippen molar-refractivity contribution in [3.05, 3.63) is 17.5 Å².